The number of alkyl halides is 1. The Labute approximate surface area is 139 Å². The molecule has 0 aliphatic rings. The maximum atomic E-state index is 12.2. The number of nitrogens with one attached hydrogen (secondary N) is 1. The SMILES string of the molecule is NC(=O)c1cc(Cl)ccc1NC(=O)c1scc(CCl)c1Cl. The van der Waals surface area contributed by atoms with Crippen molar-refractivity contribution in [3.8, 4) is 0 Å². The molecule has 0 fully saturated rings. The van der Waals surface area contributed by atoms with Crippen LogP contribution in [0, 0.1) is 0 Å². The van der Waals surface area contributed by atoms with Crippen LogP contribution in [0.15, 0.2) is 23.6 Å². The van der Waals surface area contributed by atoms with Gasteiger partial charge in [0, 0.05) is 10.9 Å². The predicted molar refractivity (Wildman–Crippen MR) is 86.8 cm³/mol. The zero-order valence-electron chi connectivity index (χ0n) is 10.5. The van der Waals surface area contributed by atoms with Crippen molar-refractivity contribution in [2.45, 2.75) is 5.88 Å². The second-order valence-electron chi connectivity index (χ2n) is 4.05. The number of hydrogen-bond donors (Lipinski definition) is 2. The van der Waals surface area contributed by atoms with Crippen LogP contribution in [0.25, 0.3) is 0 Å². The molecule has 0 saturated carbocycles. The Morgan fingerprint density at radius 1 is 1.29 bits per heavy atom. The first-order valence-electron chi connectivity index (χ1n) is 5.66. The normalized spacial score (nSPS) is 10.4. The molecule has 2 rings (SSSR count). The molecule has 1 heterocycles. The van der Waals surface area contributed by atoms with E-state index in [2.05, 4.69) is 5.32 Å². The molecule has 0 spiro atoms. The van der Waals surface area contributed by atoms with E-state index in [9.17, 15) is 9.59 Å². The number of primary amides is 1. The van der Waals surface area contributed by atoms with Gasteiger partial charge in [-0.15, -0.1) is 22.9 Å². The highest BCUT2D eigenvalue weighted by Gasteiger charge is 2.18. The Morgan fingerprint density at radius 3 is 2.57 bits per heavy atom. The predicted octanol–water partition coefficient (Wildman–Crippen LogP) is 4.14. The summed E-state index contributed by atoms with van der Waals surface area (Å²) in [4.78, 5) is 23.9. The van der Waals surface area contributed by atoms with Crippen molar-refractivity contribution in [3.63, 3.8) is 0 Å². The molecular formula is C13H9Cl3N2O2S. The van der Waals surface area contributed by atoms with Gasteiger partial charge in [-0.05, 0) is 29.1 Å². The number of nitrogens with two attached hydrogens (primary N) is 1. The highest BCUT2D eigenvalue weighted by atomic mass is 35.5. The highest BCUT2D eigenvalue weighted by molar-refractivity contribution is 7.13. The third-order valence-corrected chi connectivity index (χ3v) is 4.74. The summed E-state index contributed by atoms with van der Waals surface area (Å²) in [5.41, 5.74) is 6.34. The lowest BCUT2D eigenvalue weighted by Crippen LogP contribution is -2.18. The van der Waals surface area contributed by atoms with Gasteiger partial charge >= 0.3 is 0 Å². The smallest absolute Gasteiger partial charge is 0.267 e. The fourth-order valence-electron chi connectivity index (χ4n) is 1.63. The maximum absolute atomic E-state index is 12.2. The van der Waals surface area contributed by atoms with Crippen molar-refractivity contribution >= 4 is 63.6 Å². The maximum Gasteiger partial charge on any atom is 0.267 e. The lowest BCUT2D eigenvalue weighted by atomic mass is 10.1. The van der Waals surface area contributed by atoms with E-state index in [0.717, 1.165) is 0 Å². The Hall–Kier alpha value is -1.27. The molecule has 0 unspecified atom stereocenters. The summed E-state index contributed by atoms with van der Waals surface area (Å²) in [6.07, 6.45) is 0. The van der Waals surface area contributed by atoms with Crippen LogP contribution in [-0.4, -0.2) is 11.8 Å². The second kappa shape index (κ2) is 6.66. The molecule has 21 heavy (non-hydrogen) atoms. The van der Waals surface area contributed by atoms with Crippen LogP contribution in [0.3, 0.4) is 0 Å². The summed E-state index contributed by atoms with van der Waals surface area (Å²) in [5.74, 6) is -0.909. The van der Waals surface area contributed by atoms with Crippen LogP contribution in [0.1, 0.15) is 25.6 Å². The number of carbonyl (C=O) groups is 2. The molecular weight excluding hydrogens is 355 g/mol. The molecule has 4 nitrogen and oxygen atoms in total. The number of carbonyl (C=O) groups excluding carboxylic acids is 2. The number of hydrogen-bond acceptors (Lipinski definition) is 3. The number of anilines is 1. The van der Waals surface area contributed by atoms with Gasteiger partial charge in [-0.1, -0.05) is 23.2 Å². The van der Waals surface area contributed by atoms with Crippen molar-refractivity contribution in [2.75, 3.05) is 5.32 Å². The quantitative estimate of drug-likeness (QED) is 0.801. The van der Waals surface area contributed by atoms with E-state index >= 15 is 0 Å². The van der Waals surface area contributed by atoms with Crippen molar-refractivity contribution in [2.24, 2.45) is 5.73 Å². The Morgan fingerprint density at radius 2 is 2.00 bits per heavy atom. The average molecular weight is 364 g/mol. The molecule has 1 aromatic carbocycles. The number of thiophene rings is 1. The Bertz CT molecular complexity index is 715. The lowest BCUT2D eigenvalue weighted by molar-refractivity contribution is 0.100. The van der Waals surface area contributed by atoms with Crippen molar-refractivity contribution in [1.82, 2.24) is 0 Å². The minimum absolute atomic E-state index is 0.126. The monoisotopic (exact) mass is 362 g/mol. The fraction of sp³-hybridized carbons (Fsp3) is 0.0769. The first-order chi connectivity index (χ1) is 9.93. The van der Waals surface area contributed by atoms with Gasteiger partial charge in [-0.3, -0.25) is 9.59 Å². The van der Waals surface area contributed by atoms with E-state index in [1.54, 1.807) is 11.4 Å². The Balaban J connectivity index is 2.31. The fourth-order valence-corrected chi connectivity index (χ4v) is 3.43. The van der Waals surface area contributed by atoms with Crippen LogP contribution in [0.5, 0.6) is 0 Å². The van der Waals surface area contributed by atoms with Crippen LogP contribution in [0.4, 0.5) is 5.69 Å². The third-order valence-electron chi connectivity index (χ3n) is 2.65. The topological polar surface area (TPSA) is 72.2 Å². The van der Waals surface area contributed by atoms with Gasteiger partial charge in [-0.25, -0.2) is 0 Å². The van der Waals surface area contributed by atoms with Crippen LogP contribution in [-0.2, 0) is 5.88 Å². The molecule has 0 atom stereocenters. The summed E-state index contributed by atoms with van der Waals surface area (Å²) in [7, 11) is 0. The molecule has 3 N–H and O–H groups in total. The number of benzene rings is 1. The van der Waals surface area contributed by atoms with Crippen molar-refractivity contribution in [1.29, 1.82) is 0 Å². The second-order valence-corrected chi connectivity index (χ2v) is 6.01. The molecule has 110 valence electrons. The van der Waals surface area contributed by atoms with Crippen molar-refractivity contribution in [3.05, 3.63) is 49.6 Å². The minimum Gasteiger partial charge on any atom is -0.366 e. The molecule has 0 aliphatic carbocycles. The molecule has 0 radical (unpaired) electrons. The summed E-state index contributed by atoms with van der Waals surface area (Å²) in [6, 6.07) is 4.44. The van der Waals surface area contributed by atoms with E-state index in [0.29, 0.717) is 20.5 Å². The average Bonchev–Trinajstić information content (AvgIpc) is 2.81. The van der Waals surface area contributed by atoms with E-state index in [4.69, 9.17) is 40.5 Å². The Kier molecular flexibility index (Phi) is 5.11. The van der Waals surface area contributed by atoms with Gasteiger partial charge in [0.1, 0.15) is 4.88 Å². The summed E-state index contributed by atoms with van der Waals surface area (Å²) < 4.78 is 0. The molecule has 0 bridgehead atoms. The summed E-state index contributed by atoms with van der Waals surface area (Å²) >= 11 is 18.8. The third kappa shape index (κ3) is 3.49. The largest absolute Gasteiger partial charge is 0.366 e. The molecule has 8 heteroatoms. The van der Waals surface area contributed by atoms with Crippen molar-refractivity contribution < 1.29 is 9.59 Å². The first-order valence-corrected chi connectivity index (χ1v) is 7.83. The highest BCUT2D eigenvalue weighted by Crippen LogP contribution is 2.30. The molecule has 2 aromatic rings. The zero-order valence-corrected chi connectivity index (χ0v) is 13.5. The lowest BCUT2D eigenvalue weighted by Gasteiger charge is -2.09. The molecule has 1 aromatic heterocycles. The molecule has 2 amide bonds. The van der Waals surface area contributed by atoms with Gasteiger partial charge in [-0.2, -0.15) is 0 Å². The summed E-state index contributed by atoms with van der Waals surface area (Å²) in [6.45, 7) is 0. The first kappa shape index (κ1) is 16.1. The standard InChI is InChI=1S/C13H9Cl3N2O2S/c14-4-6-5-21-11(10(6)16)13(20)18-9-2-1-7(15)3-8(9)12(17)19/h1-3,5H,4H2,(H2,17,19)(H,18,20). The van der Waals surface area contributed by atoms with Gasteiger partial charge in [0.2, 0.25) is 0 Å². The number of halogens is 3. The van der Waals surface area contributed by atoms with Gasteiger partial charge < -0.3 is 11.1 Å². The summed E-state index contributed by atoms with van der Waals surface area (Å²) in [5, 5.41) is 4.96. The van der Waals surface area contributed by atoms with E-state index < -0.39 is 11.8 Å². The molecule has 0 saturated heterocycles. The van der Waals surface area contributed by atoms with Crippen LogP contribution >= 0.6 is 46.1 Å². The van der Waals surface area contributed by atoms with E-state index in [1.165, 1.54) is 23.5 Å². The van der Waals surface area contributed by atoms with Crippen LogP contribution < -0.4 is 11.1 Å². The van der Waals surface area contributed by atoms with Gasteiger partial charge in [0.25, 0.3) is 11.8 Å². The van der Waals surface area contributed by atoms with Gasteiger partial charge in [0.15, 0.2) is 0 Å². The van der Waals surface area contributed by atoms with E-state index in [1.807, 2.05) is 0 Å². The number of amides is 2. The minimum atomic E-state index is -0.688. The van der Waals surface area contributed by atoms with Gasteiger partial charge in [0.05, 0.1) is 16.3 Å². The van der Waals surface area contributed by atoms with Crippen LogP contribution in [0.2, 0.25) is 10.0 Å². The van der Waals surface area contributed by atoms with E-state index in [-0.39, 0.29) is 17.1 Å². The zero-order chi connectivity index (χ0) is 15.6. The number of rotatable bonds is 4. The molecule has 0 aliphatic heterocycles.